The SMILES string of the molecule is Cc1cccnc1NC(=O)C1CCCN(CC2CCCCO2)C1. The number of carbonyl (C=O) groups is 1. The Morgan fingerprint density at radius 2 is 2.30 bits per heavy atom. The van der Waals surface area contributed by atoms with Gasteiger partial charge in [0.25, 0.3) is 0 Å². The van der Waals surface area contributed by atoms with Crippen molar-refractivity contribution in [2.75, 3.05) is 31.6 Å². The summed E-state index contributed by atoms with van der Waals surface area (Å²) in [5.74, 6) is 0.833. The van der Waals surface area contributed by atoms with Crippen LogP contribution in [0.4, 0.5) is 5.82 Å². The van der Waals surface area contributed by atoms with Crippen LogP contribution in [-0.2, 0) is 9.53 Å². The zero-order chi connectivity index (χ0) is 16.1. The van der Waals surface area contributed by atoms with Crippen LogP contribution in [0.1, 0.15) is 37.7 Å². The maximum atomic E-state index is 12.5. The van der Waals surface area contributed by atoms with Gasteiger partial charge in [0.15, 0.2) is 0 Å². The number of nitrogens with one attached hydrogen (secondary N) is 1. The molecule has 2 aliphatic rings. The highest BCUT2D eigenvalue weighted by molar-refractivity contribution is 5.92. The van der Waals surface area contributed by atoms with Gasteiger partial charge in [0.05, 0.1) is 12.0 Å². The second kappa shape index (κ2) is 7.88. The Kier molecular flexibility index (Phi) is 5.62. The normalized spacial score (nSPS) is 26.0. The smallest absolute Gasteiger partial charge is 0.229 e. The van der Waals surface area contributed by atoms with Crippen LogP contribution in [-0.4, -0.2) is 48.1 Å². The summed E-state index contributed by atoms with van der Waals surface area (Å²) >= 11 is 0. The monoisotopic (exact) mass is 317 g/mol. The molecule has 126 valence electrons. The average molecular weight is 317 g/mol. The van der Waals surface area contributed by atoms with Crippen LogP contribution < -0.4 is 5.32 Å². The summed E-state index contributed by atoms with van der Waals surface area (Å²) in [7, 11) is 0. The summed E-state index contributed by atoms with van der Waals surface area (Å²) in [5.41, 5.74) is 1.00. The Balaban J connectivity index is 1.53. The molecular formula is C18H27N3O2. The lowest BCUT2D eigenvalue weighted by atomic mass is 9.96. The van der Waals surface area contributed by atoms with Crippen LogP contribution in [0.15, 0.2) is 18.3 Å². The van der Waals surface area contributed by atoms with E-state index in [2.05, 4.69) is 15.2 Å². The number of piperidine rings is 1. The predicted molar refractivity (Wildman–Crippen MR) is 90.4 cm³/mol. The molecule has 2 atom stereocenters. The van der Waals surface area contributed by atoms with Crippen LogP contribution >= 0.6 is 0 Å². The largest absolute Gasteiger partial charge is 0.377 e. The number of rotatable bonds is 4. The molecule has 0 aliphatic carbocycles. The topological polar surface area (TPSA) is 54.5 Å². The first kappa shape index (κ1) is 16.4. The highest BCUT2D eigenvalue weighted by Crippen LogP contribution is 2.21. The van der Waals surface area contributed by atoms with E-state index in [0.717, 1.165) is 51.1 Å². The van der Waals surface area contributed by atoms with Crippen molar-refractivity contribution in [3.05, 3.63) is 23.9 Å². The lowest BCUT2D eigenvalue weighted by Crippen LogP contribution is -2.44. The fraction of sp³-hybridized carbons (Fsp3) is 0.667. The molecule has 3 heterocycles. The molecule has 3 rings (SSSR count). The molecule has 0 radical (unpaired) electrons. The second-order valence-electron chi connectivity index (χ2n) is 6.75. The van der Waals surface area contributed by atoms with Crippen molar-refractivity contribution in [2.24, 2.45) is 5.92 Å². The van der Waals surface area contributed by atoms with E-state index in [1.54, 1.807) is 6.20 Å². The number of ether oxygens (including phenoxy) is 1. The number of anilines is 1. The van der Waals surface area contributed by atoms with Gasteiger partial charge >= 0.3 is 0 Å². The van der Waals surface area contributed by atoms with E-state index in [0.29, 0.717) is 11.9 Å². The number of aryl methyl sites for hydroxylation is 1. The van der Waals surface area contributed by atoms with E-state index < -0.39 is 0 Å². The molecule has 5 nitrogen and oxygen atoms in total. The van der Waals surface area contributed by atoms with Crippen molar-refractivity contribution in [3.63, 3.8) is 0 Å². The lowest BCUT2D eigenvalue weighted by molar-refractivity contribution is -0.122. The van der Waals surface area contributed by atoms with Gasteiger partial charge in [0, 0.05) is 25.9 Å². The van der Waals surface area contributed by atoms with Crippen LogP contribution in [0.2, 0.25) is 0 Å². The standard InChI is InChI=1S/C18H27N3O2/c1-14-6-4-9-19-17(14)20-18(22)15-7-5-10-21(12-15)13-16-8-2-3-11-23-16/h4,6,9,15-16H,2-3,5,7-8,10-13H2,1H3,(H,19,20,22). The van der Waals surface area contributed by atoms with Gasteiger partial charge in [-0.25, -0.2) is 4.98 Å². The van der Waals surface area contributed by atoms with Crippen molar-refractivity contribution in [1.29, 1.82) is 0 Å². The van der Waals surface area contributed by atoms with Gasteiger partial charge in [-0.1, -0.05) is 6.07 Å². The second-order valence-corrected chi connectivity index (χ2v) is 6.75. The summed E-state index contributed by atoms with van der Waals surface area (Å²) in [4.78, 5) is 19.2. The first-order chi connectivity index (χ1) is 11.2. The Hall–Kier alpha value is -1.46. The molecule has 1 amide bonds. The van der Waals surface area contributed by atoms with E-state index in [9.17, 15) is 4.79 Å². The van der Waals surface area contributed by atoms with E-state index >= 15 is 0 Å². The van der Waals surface area contributed by atoms with E-state index in [1.807, 2.05) is 19.1 Å². The van der Waals surface area contributed by atoms with Gasteiger partial charge in [-0.05, 0) is 57.2 Å². The number of hydrogen-bond donors (Lipinski definition) is 1. The van der Waals surface area contributed by atoms with Gasteiger partial charge in [-0.3, -0.25) is 9.69 Å². The quantitative estimate of drug-likeness (QED) is 0.927. The number of nitrogens with zero attached hydrogens (tertiary/aromatic N) is 2. The minimum atomic E-state index is 0.0498. The van der Waals surface area contributed by atoms with Crippen molar-refractivity contribution in [3.8, 4) is 0 Å². The maximum absolute atomic E-state index is 12.5. The molecule has 23 heavy (non-hydrogen) atoms. The number of hydrogen-bond acceptors (Lipinski definition) is 4. The molecule has 0 bridgehead atoms. The third-order valence-electron chi connectivity index (χ3n) is 4.86. The number of likely N-dealkylation sites (tertiary alicyclic amines) is 1. The summed E-state index contributed by atoms with van der Waals surface area (Å²) in [6.07, 6.45) is 7.71. The predicted octanol–water partition coefficient (Wildman–Crippen LogP) is 2.61. The van der Waals surface area contributed by atoms with Crippen LogP contribution in [0.3, 0.4) is 0 Å². The molecule has 2 fully saturated rings. The zero-order valence-corrected chi connectivity index (χ0v) is 14.0. The molecule has 1 N–H and O–H groups in total. The molecule has 0 spiro atoms. The fourth-order valence-corrected chi connectivity index (χ4v) is 3.51. The maximum Gasteiger partial charge on any atom is 0.229 e. The van der Waals surface area contributed by atoms with Crippen molar-refractivity contribution < 1.29 is 9.53 Å². The molecule has 1 aromatic rings. The highest BCUT2D eigenvalue weighted by Gasteiger charge is 2.28. The van der Waals surface area contributed by atoms with Crippen LogP contribution in [0, 0.1) is 12.8 Å². The molecule has 1 aromatic heterocycles. The minimum absolute atomic E-state index is 0.0498. The number of pyridine rings is 1. The highest BCUT2D eigenvalue weighted by atomic mass is 16.5. The molecular weight excluding hydrogens is 290 g/mol. The van der Waals surface area contributed by atoms with Gasteiger partial charge in [0.2, 0.25) is 5.91 Å². The van der Waals surface area contributed by atoms with Gasteiger partial charge in [-0.2, -0.15) is 0 Å². The first-order valence-corrected chi connectivity index (χ1v) is 8.79. The summed E-state index contributed by atoms with van der Waals surface area (Å²) in [5, 5.41) is 3.00. The van der Waals surface area contributed by atoms with E-state index in [4.69, 9.17) is 4.74 Å². The van der Waals surface area contributed by atoms with Gasteiger partial charge in [-0.15, -0.1) is 0 Å². The van der Waals surface area contributed by atoms with E-state index in [-0.39, 0.29) is 11.8 Å². The molecule has 5 heteroatoms. The summed E-state index contributed by atoms with van der Waals surface area (Å²) < 4.78 is 5.84. The Bertz CT molecular complexity index is 529. The average Bonchev–Trinajstić information content (AvgIpc) is 2.58. The Labute approximate surface area is 138 Å². The van der Waals surface area contributed by atoms with Crippen molar-refractivity contribution in [2.45, 2.75) is 45.1 Å². The minimum Gasteiger partial charge on any atom is -0.377 e. The van der Waals surface area contributed by atoms with Crippen molar-refractivity contribution >= 4 is 11.7 Å². The molecule has 2 aliphatic heterocycles. The Morgan fingerprint density at radius 3 is 3.09 bits per heavy atom. The first-order valence-electron chi connectivity index (χ1n) is 8.79. The third kappa shape index (κ3) is 4.52. The number of amides is 1. The van der Waals surface area contributed by atoms with Gasteiger partial charge < -0.3 is 10.1 Å². The summed E-state index contributed by atoms with van der Waals surface area (Å²) in [6.45, 7) is 5.73. The lowest BCUT2D eigenvalue weighted by Gasteiger charge is -2.35. The van der Waals surface area contributed by atoms with Crippen molar-refractivity contribution in [1.82, 2.24) is 9.88 Å². The molecule has 0 saturated carbocycles. The number of aromatic nitrogens is 1. The van der Waals surface area contributed by atoms with Crippen LogP contribution in [0.25, 0.3) is 0 Å². The van der Waals surface area contributed by atoms with E-state index in [1.165, 1.54) is 12.8 Å². The fourth-order valence-electron chi connectivity index (χ4n) is 3.51. The molecule has 2 saturated heterocycles. The van der Waals surface area contributed by atoms with Gasteiger partial charge in [0.1, 0.15) is 5.82 Å². The van der Waals surface area contributed by atoms with Crippen LogP contribution in [0.5, 0.6) is 0 Å². The summed E-state index contributed by atoms with van der Waals surface area (Å²) in [6, 6.07) is 3.85. The molecule has 2 unspecified atom stereocenters. The number of carbonyl (C=O) groups excluding carboxylic acids is 1. The molecule has 0 aromatic carbocycles. The third-order valence-corrected chi connectivity index (χ3v) is 4.86. The Morgan fingerprint density at radius 1 is 1.39 bits per heavy atom. The zero-order valence-electron chi connectivity index (χ0n) is 14.0.